The number of methoxy groups -OCH3 is 1. The second-order valence-corrected chi connectivity index (χ2v) is 3.39. The summed E-state index contributed by atoms with van der Waals surface area (Å²) in [5.74, 6) is 0.209. The lowest BCUT2D eigenvalue weighted by Crippen LogP contribution is -2.11. The molecule has 0 radical (unpaired) electrons. The highest BCUT2D eigenvalue weighted by Crippen LogP contribution is 2.23. The van der Waals surface area contributed by atoms with Crippen LogP contribution < -0.4 is 10.4 Å². The summed E-state index contributed by atoms with van der Waals surface area (Å²) in [6.45, 7) is 1.86. The Hall–Kier alpha value is -1.81. The van der Waals surface area contributed by atoms with E-state index in [1.165, 1.54) is 7.11 Å². The first kappa shape index (κ1) is 10.7. The van der Waals surface area contributed by atoms with E-state index in [1.54, 1.807) is 6.07 Å². The van der Waals surface area contributed by atoms with Crippen molar-refractivity contribution in [3.05, 3.63) is 40.2 Å². The lowest BCUT2D eigenvalue weighted by Gasteiger charge is -2.08. The van der Waals surface area contributed by atoms with E-state index in [-0.39, 0.29) is 12.5 Å². The molecule has 0 aliphatic heterocycles. The summed E-state index contributed by atoms with van der Waals surface area (Å²) in [6.07, 6.45) is 0. The summed E-state index contributed by atoms with van der Waals surface area (Å²) in [6, 6.07) is 7.34. The van der Waals surface area contributed by atoms with Gasteiger partial charge in [0.25, 0.3) is 0 Å². The van der Waals surface area contributed by atoms with Crippen molar-refractivity contribution in [1.82, 2.24) is 0 Å². The average molecular weight is 220 g/mol. The van der Waals surface area contributed by atoms with Crippen LogP contribution in [0.3, 0.4) is 0 Å². The number of aryl methyl sites for hydroxylation is 1. The Morgan fingerprint density at radius 2 is 2.06 bits per heavy atom. The molecule has 0 unspecified atom stereocenters. The predicted molar refractivity (Wildman–Crippen MR) is 59.7 cm³/mol. The van der Waals surface area contributed by atoms with Gasteiger partial charge in [0, 0.05) is 18.1 Å². The maximum absolute atomic E-state index is 11.6. The van der Waals surface area contributed by atoms with E-state index in [0.717, 1.165) is 10.9 Å². The Bertz CT molecular complexity index is 556. The van der Waals surface area contributed by atoms with E-state index in [1.807, 2.05) is 25.1 Å². The first-order chi connectivity index (χ1) is 7.74. The highest BCUT2D eigenvalue weighted by Gasteiger charge is 2.11. The Morgan fingerprint density at radius 1 is 1.31 bits per heavy atom. The summed E-state index contributed by atoms with van der Waals surface area (Å²) in [7, 11) is 1.50. The molecule has 0 fully saturated rings. The van der Waals surface area contributed by atoms with Crippen LogP contribution >= 0.6 is 0 Å². The molecule has 1 heterocycles. The molecular weight excluding hydrogens is 208 g/mol. The van der Waals surface area contributed by atoms with Crippen LogP contribution in [-0.4, -0.2) is 13.9 Å². The van der Waals surface area contributed by atoms with Crippen LogP contribution in [-0.2, 0) is 4.74 Å². The van der Waals surface area contributed by atoms with Crippen molar-refractivity contribution in [2.24, 2.45) is 0 Å². The smallest absolute Gasteiger partial charge is 0.379 e. The molecule has 1 aromatic carbocycles. The maximum atomic E-state index is 11.6. The van der Waals surface area contributed by atoms with Crippen LogP contribution in [0.5, 0.6) is 5.75 Å². The molecule has 0 aliphatic rings. The normalized spacial score (nSPS) is 10.6. The number of fused-ring (bicyclic) bond motifs is 1. The molecule has 0 N–H and O–H groups in total. The molecule has 0 spiro atoms. The zero-order valence-electron chi connectivity index (χ0n) is 9.15. The van der Waals surface area contributed by atoms with Gasteiger partial charge in [-0.25, -0.2) is 4.79 Å². The van der Waals surface area contributed by atoms with Crippen LogP contribution in [0.4, 0.5) is 0 Å². The fraction of sp³-hybridized carbons (Fsp3) is 0.250. The van der Waals surface area contributed by atoms with Gasteiger partial charge in [-0.05, 0) is 13.0 Å². The van der Waals surface area contributed by atoms with Crippen LogP contribution in [0.2, 0.25) is 0 Å². The van der Waals surface area contributed by atoms with Gasteiger partial charge in [-0.2, -0.15) is 0 Å². The molecule has 0 bridgehead atoms. The fourth-order valence-corrected chi connectivity index (χ4v) is 1.57. The summed E-state index contributed by atoms with van der Waals surface area (Å²) in [5, 5.41) is 0.869. The minimum Gasteiger partial charge on any atom is -0.460 e. The molecule has 0 aliphatic carbocycles. The van der Waals surface area contributed by atoms with Crippen LogP contribution in [0, 0.1) is 6.92 Å². The van der Waals surface area contributed by atoms with Gasteiger partial charge in [-0.3, -0.25) is 0 Å². The van der Waals surface area contributed by atoms with Crippen molar-refractivity contribution in [3.8, 4) is 5.75 Å². The van der Waals surface area contributed by atoms with E-state index in [4.69, 9.17) is 13.9 Å². The SMILES string of the molecule is COCOc1c(C)c2ccccc2oc1=O. The molecule has 84 valence electrons. The van der Waals surface area contributed by atoms with Gasteiger partial charge >= 0.3 is 5.63 Å². The number of hydrogen-bond donors (Lipinski definition) is 0. The molecule has 2 aromatic rings. The second-order valence-electron chi connectivity index (χ2n) is 3.39. The van der Waals surface area contributed by atoms with E-state index >= 15 is 0 Å². The van der Waals surface area contributed by atoms with Crippen molar-refractivity contribution in [1.29, 1.82) is 0 Å². The Morgan fingerprint density at radius 3 is 2.81 bits per heavy atom. The minimum absolute atomic E-state index is 0.0317. The van der Waals surface area contributed by atoms with E-state index in [9.17, 15) is 4.79 Å². The second kappa shape index (κ2) is 4.37. The van der Waals surface area contributed by atoms with Gasteiger partial charge in [-0.15, -0.1) is 0 Å². The van der Waals surface area contributed by atoms with Crippen LogP contribution in [0.1, 0.15) is 5.56 Å². The first-order valence-electron chi connectivity index (χ1n) is 4.88. The molecule has 16 heavy (non-hydrogen) atoms. The van der Waals surface area contributed by atoms with Gasteiger partial charge in [0.2, 0.25) is 5.75 Å². The standard InChI is InChI=1S/C12H12O4/c1-8-9-5-3-4-6-10(9)16-12(13)11(8)15-7-14-2/h3-6H,7H2,1-2H3. The van der Waals surface area contributed by atoms with Crippen molar-refractivity contribution in [2.75, 3.05) is 13.9 Å². The van der Waals surface area contributed by atoms with E-state index in [0.29, 0.717) is 5.58 Å². The van der Waals surface area contributed by atoms with Crippen LogP contribution in [0.25, 0.3) is 11.0 Å². The van der Waals surface area contributed by atoms with Gasteiger partial charge in [0.15, 0.2) is 6.79 Å². The zero-order valence-corrected chi connectivity index (χ0v) is 9.15. The molecule has 4 nitrogen and oxygen atoms in total. The molecule has 1 aromatic heterocycles. The number of para-hydroxylation sites is 1. The van der Waals surface area contributed by atoms with Gasteiger partial charge in [0.05, 0.1) is 0 Å². The summed E-state index contributed by atoms with van der Waals surface area (Å²) in [4.78, 5) is 11.6. The quantitative estimate of drug-likeness (QED) is 0.587. The third kappa shape index (κ3) is 1.79. The first-order valence-corrected chi connectivity index (χ1v) is 4.88. The summed E-state index contributed by atoms with van der Waals surface area (Å²) < 4.78 is 15.1. The highest BCUT2D eigenvalue weighted by molar-refractivity contribution is 5.81. The summed E-state index contributed by atoms with van der Waals surface area (Å²) >= 11 is 0. The number of rotatable bonds is 3. The highest BCUT2D eigenvalue weighted by atomic mass is 16.7. The van der Waals surface area contributed by atoms with Crippen molar-refractivity contribution in [2.45, 2.75) is 6.92 Å². The van der Waals surface area contributed by atoms with Gasteiger partial charge < -0.3 is 13.9 Å². The van der Waals surface area contributed by atoms with Crippen molar-refractivity contribution in [3.63, 3.8) is 0 Å². The Balaban J connectivity index is 2.61. The number of benzene rings is 1. The van der Waals surface area contributed by atoms with Crippen LogP contribution in [0.15, 0.2) is 33.5 Å². The topological polar surface area (TPSA) is 48.7 Å². The van der Waals surface area contributed by atoms with Gasteiger partial charge in [-0.1, -0.05) is 18.2 Å². The summed E-state index contributed by atoms with van der Waals surface area (Å²) in [5.41, 5.74) is 0.854. The third-order valence-corrected chi connectivity index (χ3v) is 2.34. The lowest BCUT2D eigenvalue weighted by molar-refractivity contribution is 0.0482. The molecular formula is C12H12O4. The minimum atomic E-state index is -0.478. The number of hydrogen-bond acceptors (Lipinski definition) is 4. The largest absolute Gasteiger partial charge is 0.460 e. The Labute approximate surface area is 92.4 Å². The van der Waals surface area contributed by atoms with E-state index < -0.39 is 5.63 Å². The predicted octanol–water partition coefficient (Wildman–Crippen LogP) is 2.08. The molecule has 2 rings (SSSR count). The molecule has 0 atom stereocenters. The molecule has 0 amide bonds. The number of ether oxygens (including phenoxy) is 2. The maximum Gasteiger partial charge on any atom is 0.379 e. The average Bonchev–Trinajstić information content (AvgIpc) is 2.29. The molecule has 0 saturated carbocycles. The van der Waals surface area contributed by atoms with Crippen molar-refractivity contribution >= 4 is 11.0 Å². The van der Waals surface area contributed by atoms with Gasteiger partial charge in [0.1, 0.15) is 5.58 Å². The van der Waals surface area contributed by atoms with E-state index in [2.05, 4.69) is 0 Å². The Kier molecular flexibility index (Phi) is 2.92. The molecule has 4 heteroatoms. The fourth-order valence-electron chi connectivity index (χ4n) is 1.57. The molecule has 0 saturated heterocycles. The monoisotopic (exact) mass is 220 g/mol. The lowest BCUT2D eigenvalue weighted by atomic mass is 10.1. The third-order valence-electron chi connectivity index (χ3n) is 2.34. The van der Waals surface area contributed by atoms with Crippen molar-refractivity contribution < 1.29 is 13.9 Å². The zero-order chi connectivity index (χ0) is 11.5.